The minimum Gasteiger partial charge on any atom is -0.389 e. The number of aliphatic hydroxyl groups is 1. The Morgan fingerprint density at radius 2 is 1.56 bits per heavy atom. The normalized spacial score (nSPS) is 14.5. The van der Waals surface area contributed by atoms with Crippen molar-refractivity contribution in [3.63, 3.8) is 0 Å². The van der Waals surface area contributed by atoms with Crippen molar-refractivity contribution in [1.29, 1.82) is 0 Å². The second-order valence-electron chi connectivity index (χ2n) is 12.2. The zero-order chi connectivity index (χ0) is 27.7. The molecule has 0 radical (unpaired) electrons. The van der Waals surface area contributed by atoms with Crippen LogP contribution in [0.3, 0.4) is 0 Å². The summed E-state index contributed by atoms with van der Waals surface area (Å²) in [4.78, 5) is 39.8. The number of aliphatic hydroxyl groups excluding tert-OH is 1. The Bertz CT molecular complexity index is 843. The summed E-state index contributed by atoms with van der Waals surface area (Å²) in [5.41, 5.74) is -0.0105. The molecule has 0 aliphatic rings. The average Bonchev–Trinajstić information content (AvgIpc) is 2.72. The molecule has 4 amide bonds. The molecule has 0 aliphatic heterocycles. The van der Waals surface area contributed by atoms with Crippen molar-refractivity contribution in [1.82, 2.24) is 20.9 Å². The topological polar surface area (TPSA) is 111 Å². The van der Waals surface area contributed by atoms with E-state index in [4.69, 9.17) is 0 Å². The fourth-order valence-electron chi connectivity index (χ4n) is 3.74. The standard InChI is InChI=1S/C28H48N4O4/c1-19(2)15-16-32(26(36)31-28(7,8)9)18-23(34)22(17-21-13-11-10-12-14-21)30-25(35)24(27(4,5)6)29-20(3)33/h10-14,19,22-24,34H,15-18H2,1-9H3,(H,29,33)(H,30,35)(H,31,36)/t22-,23?,24?/m0/s1. The van der Waals surface area contributed by atoms with Gasteiger partial charge < -0.3 is 26.0 Å². The molecular formula is C28H48N4O4. The fraction of sp³-hybridized carbons (Fsp3) is 0.679. The Balaban J connectivity index is 3.20. The number of amides is 4. The third-order valence-electron chi connectivity index (χ3n) is 5.72. The van der Waals surface area contributed by atoms with Crippen LogP contribution in [-0.4, -0.2) is 64.7 Å². The summed E-state index contributed by atoms with van der Waals surface area (Å²) in [7, 11) is 0. The summed E-state index contributed by atoms with van der Waals surface area (Å²) in [6.45, 7) is 17.5. The van der Waals surface area contributed by atoms with E-state index in [1.54, 1.807) is 4.90 Å². The third-order valence-corrected chi connectivity index (χ3v) is 5.72. The van der Waals surface area contributed by atoms with Gasteiger partial charge in [0.25, 0.3) is 0 Å². The van der Waals surface area contributed by atoms with E-state index < -0.39 is 29.1 Å². The lowest BCUT2D eigenvalue weighted by Gasteiger charge is -2.35. The summed E-state index contributed by atoms with van der Waals surface area (Å²) in [5.74, 6) is -0.286. The van der Waals surface area contributed by atoms with Crippen LogP contribution in [0.15, 0.2) is 30.3 Å². The molecule has 0 fully saturated rings. The molecule has 1 aromatic rings. The third kappa shape index (κ3) is 11.9. The Labute approximate surface area is 217 Å². The minimum atomic E-state index is -1.02. The maximum absolute atomic E-state index is 13.3. The van der Waals surface area contributed by atoms with Crippen molar-refractivity contribution < 1.29 is 19.5 Å². The van der Waals surface area contributed by atoms with Crippen LogP contribution in [0.1, 0.15) is 74.3 Å². The van der Waals surface area contributed by atoms with E-state index in [0.717, 1.165) is 12.0 Å². The van der Waals surface area contributed by atoms with Crippen molar-refractivity contribution in [3.05, 3.63) is 35.9 Å². The number of rotatable bonds is 11. The highest BCUT2D eigenvalue weighted by atomic mass is 16.3. The molecule has 0 bridgehead atoms. The first kappa shape index (κ1) is 31.4. The molecule has 8 nitrogen and oxygen atoms in total. The summed E-state index contributed by atoms with van der Waals surface area (Å²) < 4.78 is 0. The molecule has 0 aliphatic carbocycles. The SMILES string of the molecule is CC(=O)NC(C(=O)N[C@@H](Cc1ccccc1)C(O)CN(CCC(C)C)C(=O)NC(C)(C)C)C(C)(C)C. The zero-order valence-electron chi connectivity index (χ0n) is 23.6. The van der Waals surface area contributed by atoms with Gasteiger partial charge in [-0.05, 0) is 50.5 Å². The molecule has 0 heterocycles. The Hall–Kier alpha value is -2.61. The summed E-state index contributed by atoms with van der Waals surface area (Å²) in [6, 6.07) is 7.89. The van der Waals surface area contributed by atoms with Gasteiger partial charge in [0.1, 0.15) is 6.04 Å². The second-order valence-corrected chi connectivity index (χ2v) is 12.2. The van der Waals surface area contributed by atoms with Crippen LogP contribution >= 0.6 is 0 Å². The van der Waals surface area contributed by atoms with E-state index in [-0.39, 0.29) is 24.4 Å². The van der Waals surface area contributed by atoms with Gasteiger partial charge in [-0.25, -0.2) is 4.79 Å². The van der Waals surface area contributed by atoms with Crippen molar-refractivity contribution in [2.24, 2.45) is 11.3 Å². The predicted molar refractivity (Wildman–Crippen MR) is 144 cm³/mol. The number of nitrogens with one attached hydrogen (secondary N) is 3. The first-order valence-corrected chi connectivity index (χ1v) is 12.9. The van der Waals surface area contributed by atoms with Gasteiger partial charge in [-0.2, -0.15) is 0 Å². The van der Waals surface area contributed by atoms with E-state index >= 15 is 0 Å². The van der Waals surface area contributed by atoms with Crippen molar-refractivity contribution >= 4 is 17.8 Å². The van der Waals surface area contributed by atoms with Gasteiger partial charge >= 0.3 is 6.03 Å². The summed E-state index contributed by atoms with van der Waals surface area (Å²) in [6.07, 6.45) is 0.142. The van der Waals surface area contributed by atoms with Crippen molar-refractivity contribution in [2.75, 3.05) is 13.1 Å². The molecule has 0 spiro atoms. The Morgan fingerprint density at radius 1 is 0.972 bits per heavy atom. The second kappa shape index (κ2) is 13.6. The highest BCUT2D eigenvalue weighted by Gasteiger charge is 2.35. The van der Waals surface area contributed by atoms with Crippen LogP contribution in [0.5, 0.6) is 0 Å². The van der Waals surface area contributed by atoms with Crippen LogP contribution in [0, 0.1) is 11.3 Å². The zero-order valence-corrected chi connectivity index (χ0v) is 23.6. The Morgan fingerprint density at radius 3 is 2.03 bits per heavy atom. The molecule has 204 valence electrons. The highest BCUT2D eigenvalue weighted by Crippen LogP contribution is 2.20. The van der Waals surface area contributed by atoms with Crippen LogP contribution < -0.4 is 16.0 Å². The lowest BCUT2D eigenvalue weighted by Crippen LogP contribution is -2.59. The van der Waals surface area contributed by atoms with Crippen molar-refractivity contribution in [3.8, 4) is 0 Å². The molecule has 8 heteroatoms. The average molecular weight is 505 g/mol. The van der Waals surface area contributed by atoms with Gasteiger partial charge in [0.05, 0.1) is 18.7 Å². The monoisotopic (exact) mass is 504 g/mol. The van der Waals surface area contributed by atoms with Gasteiger partial charge in [-0.15, -0.1) is 0 Å². The molecule has 0 saturated carbocycles. The first-order valence-electron chi connectivity index (χ1n) is 12.9. The van der Waals surface area contributed by atoms with Gasteiger partial charge in [-0.1, -0.05) is 65.0 Å². The summed E-state index contributed by atoms with van der Waals surface area (Å²) in [5, 5.41) is 20.0. The lowest BCUT2D eigenvalue weighted by atomic mass is 9.85. The number of hydrogen-bond donors (Lipinski definition) is 4. The van der Waals surface area contributed by atoms with Gasteiger partial charge in [0.15, 0.2) is 0 Å². The quantitative estimate of drug-likeness (QED) is 0.370. The molecule has 2 unspecified atom stereocenters. The molecule has 1 rings (SSSR count). The van der Waals surface area contributed by atoms with E-state index in [1.165, 1.54) is 6.92 Å². The first-order chi connectivity index (χ1) is 16.5. The minimum absolute atomic E-state index is 0.0622. The van der Waals surface area contributed by atoms with E-state index in [9.17, 15) is 19.5 Å². The van der Waals surface area contributed by atoms with E-state index in [2.05, 4.69) is 29.8 Å². The predicted octanol–water partition coefficient (Wildman–Crippen LogP) is 3.48. The molecular weight excluding hydrogens is 456 g/mol. The number of carbonyl (C=O) groups is 3. The largest absolute Gasteiger partial charge is 0.389 e. The molecule has 1 aromatic carbocycles. The summed E-state index contributed by atoms with van der Waals surface area (Å²) >= 11 is 0. The van der Waals surface area contributed by atoms with Crippen molar-refractivity contribution in [2.45, 2.75) is 98.9 Å². The molecule has 4 N–H and O–H groups in total. The molecule has 0 aromatic heterocycles. The van der Waals surface area contributed by atoms with Crippen LogP contribution in [0.25, 0.3) is 0 Å². The number of carbonyl (C=O) groups excluding carboxylic acids is 3. The maximum Gasteiger partial charge on any atom is 0.317 e. The number of nitrogens with zero attached hydrogens (tertiary/aromatic N) is 1. The maximum atomic E-state index is 13.3. The Kier molecular flexibility index (Phi) is 11.9. The molecule has 3 atom stereocenters. The van der Waals surface area contributed by atoms with E-state index in [1.807, 2.05) is 71.9 Å². The lowest BCUT2D eigenvalue weighted by molar-refractivity contribution is -0.131. The van der Waals surface area contributed by atoms with Crippen LogP contribution in [0.2, 0.25) is 0 Å². The smallest absolute Gasteiger partial charge is 0.317 e. The van der Waals surface area contributed by atoms with Crippen LogP contribution in [-0.2, 0) is 16.0 Å². The van der Waals surface area contributed by atoms with Crippen LogP contribution in [0.4, 0.5) is 4.79 Å². The van der Waals surface area contributed by atoms with Gasteiger partial charge in [0.2, 0.25) is 11.8 Å². The number of hydrogen-bond acceptors (Lipinski definition) is 4. The van der Waals surface area contributed by atoms with Gasteiger partial charge in [-0.3, -0.25) is 9.59 Å². The highest BCUT2D eigenvalue weighted by molar-refractivity contribution is 5.87. The van der Waals surface area contributed by atoms with E-state index in [0.29, 0.717) is 18.9 Å². The number of benzene rings is 1. The fourth-order valence-corrected chi connectivity index (χ4v) is 3.74. The number of urea groups is 1. The van der Waals surface area contributed by atoms with Gasteiger partial charge in [0, 0.05) is 19.0 Å². The molecule has 36 heavy (non-hydrogen) atoms. The molecule has 0 saturated heterocycles.